The molecule has 1 amide bonds. The minimum Gasteiger partial charge on any atom is -0.324 e. The van der Waals surface area contributed by atoms with E-state index in [0.29, 0.717) is 10.8 Å². The van der Waals surface area contributed by atoms with Crippen LogP contribution in [0.2, 0.25) is 5.02 Å². The molecule has 25 heavy (non-hydrogen) atoms. The van der Waals surface area contributed by atoms with Crippen molar-refractivity contribution in [3.63, 3.8) is 0 Å². The highest BCUT2D eigenvalue weighted by atomic mass is 35.5. The predicted molar refractivity (Wildman–Crippen MR) is 95.9 cm³/mol. The van der Waals surface area contributed by atoms with Gasteiger partial charge in [-0.3, -0.25) is 4.79 Å². The largest absolute Gasteiger partial charge is 0.341 e. The molecule has 0 saturated heterocycles. The summed E-state index contributed by atoms with van der Waals surface area (Å²) < 4.78 is 48.7. The summed E-state index contributed by atoms with van der Waals surface area (Å²) in [5, 5.41) is 2.96. The Hall–Kier alpha value is -1.64. The summed E-state index contributed by atoms with van der Waals surface area (Å²) >= 11 is 7.17. The van der Waals surface area contributed by atoms with Gasteiger partial charge in [0.2, 0.25) is 15.7 Å². The fourth-order valence-corrected chi connectivity index (χ4v) is 3.86. The van der Waals surface area contributed by atoms with Crippen LogP contribution in [0.4, 0.5) is 14.5 Å². The Kier molecular flexibility index (Phi) is 6.80. The van der Waals surface area contributed by atoms with Crippen LogP contribution in [0.5, 0.6) is 0 Å². The summed E-state index contributed by atoms with van der Waals surface area (Å²) in [6, 6.07) is 12.3. The van der Waals surface area contributed by atoms with E-state index in [0.717, 1.165) is 11.6 Å². The summed E-state index contributed by atoms with van der Waals surface area (Å²) in [5.74, 6) is -3.47. The van der Waals surface area contributed by atoms with Gasteiger partial charge < -0.3 is 5.32 Å². The molecule has 2 aromatic carbocycles. The van der Waals surface area contributed by atoms with Crippen molar-refractivity contribution in [3.8, 4) is 0 Å². The molecule has 0 fully saturated rings. The SMILES string of the molecule is O=C(CSCc1cccc(Cl)c1)Nc1ccccc1S(=O)(=O)C(F)F. The molecule has 134 valence electrons. The number of hydrogen-bond acceptors (Lipinski definition) is 4. The van der Waals surface area contributed by atoms with Crippen molar-refractivity contribution in [3.05, 3.63) is 59.1 Å². The van der Waals surface area contributed by atoms with E-state index in [-0.39, 0.29) is 11.4 Å². The second kappa shape index (κ2) is 8.64. The third-order valence-electron chi connectivity index (χ3n) is 3.09. The molecule has 0 atom stereocenters. The van der Waals surface area contributed by atoms with E-state index in [1.54, 1.807) is 18.2 Å². The number of sulfone groups is 1. The molecule has 0 unspecified atom stereocenters. The highest BCUT2D eigenvalue weighted by Gasteiger charge is 2.29. The van der Waals surface area contributed by atoms with E-state index in [4.69, 9.17) is 11.6 Å². The summed E-state index contributed by atoms with van der Waals surface area (Å²) in [4.78, 5) is 11.4. The number of anilines is 1. The molecule has 2 aromatic rings. The zero-order valence-corrected chi connectivity index (χ0v) is 15.2. The molecule has 0 aliphatic heterocycles. The van der Waals surface area contributed by atoms with Crippen LogP contribution in [0.1, 0.15) is 5.56 Å². The number of benzene rings is 2. The van der Waals surface area contributed by atoms with Gasteiger partial charge >= 0.3 is 5.76 Å². The molecule has 0 saturated carbocycles. The third-order valence-corrected chi connectivity index (χ3v) is 5.77. The Labute approximate surface area is 153 Å². The summed E-state index contributed by atoms with van der Waals surface area (Å²) in [6.07, 6.45) is 0. The van der Waals surface area contributed by atoms with Crippen LogP contribution >= 0.6 is 23.4 Å². The van der Waals surface area contributed by atoms with Gasteiger partial charge in [-0.15, -0.1) is 11.8 Å². The Morgan fingerprint density at radius 3 is 2.56 bits per heavy atom. The molecule has 2 rings (SSSR count). The number of para-hydroxylation sites is 1. The first-order chi connectivity index (χ1) is 11.8. The third kappa shape index (κ3) is 5.42. The Balaban J connectivity index is 1.99. The monoisotopic (exact) mass is 405 g/mol. The minimum absolute atomic E-state index is 0.0373. The molecule has 0 spiro atoms. The number of thioether (sulfide) groups is 1. The van der Waals surface area contributed by atoms with Crippen LogP contribution in [0, 0.1) is 0 Å². The number of carbonyl (C=O) groups excluding carboxylic acids is 1. The average molecular weight is 406 g/mol. The maximum Gasteiger partial charge on any atom is 0.341 e. The summed E-state index contributed by atoms with van der Waals surface area (Å²) in [6.45, 7) is 0. The number of carbonyl (C=O) groups is 1. The molecular weight excluding hydrogens is 392 g/mol. The van der Waals surface area contributed by atoms with Crippen molar-refractivity contribution in [2.24, 2.45) is 0 Å². The molecule has 9 heteroatoms. The number of alkyl halides is 2. The van der Waals surface area contributed by atoms with E-state index in [1.165, 1.54) is 30.0 Å². The highest BCUT2D eigenvalue weighted by Crippen LogP contribution is 2.26. The van der Waals surface area contributed by atoms with Gasteiger partial charge in [-0.25, -0.2) is 8.42 Å². The molecular formula is C16H14ClF2NO3S2. The molecule has 0 aromatic heterocycles. The van der Waals surface area contributed by atoms with Crippen molar-refractivity contribution in [1.82, 2.24) is 0 Å². The quantitative estimate of drug-likeness (QED) is 0.749. The minimum atomic E-state index is -4.79. The summed E-state index contributed by atoms with van der Waals surface area (Å²) in [7, 11) is -4.79. The fourth-order valence-electron chi connectivity index (χ4n) is 1.99. The first-order valence-corrected chi connectivity index (χ1v) is 10.1. The predicted octanol–water partition coefficient (Wildman–Crippen LogP) is 4.21. The van der Waals surface area contributed by atoms with Crippen LogP contribution < -0.4 is 5.32 Å². The van der Waals surface area contributed by atoms with E-state index < -0.39 is 26.4 Å². The van der Waals surface area contributed by atoms with Crippen LogP contribution in [-0.2, 0) is 20.4 Å². The van der Waals surface area contributed by atoms with Crippen LogP contribution in [0.25, 0.3) is 0 Å². The van der Waals surface area contributed by atoms with Gasteiger partial charge in [0.05, 0.1) is 16.3 Å². The van der Waals surface area contributed by atoms with Crippen molar-refractivity contribution < 1.29 is 22.0 Å². The number of halogens is 3. The van der Waals surface area contributed by atoms with Gasteiger partial charge in [0, 0.05) is 10.8 Å². The average Bonchev–Trinajstić information content (AvgIpc) is 2.55. The fraction of sp³-hybridized carbons (Fsp3) is 0.188. The zero-order chi connectivity index (χ0) is 18.4. The lowest BCUT2D eigenvalue weighted by atomic mass is 10.2. The van der Waals surface area contributed by atoms with Gasteiger partial charge in [0.25, 0.3) is 0 Å². The maximum atomic E-state index is 12.7. The Morgan fingerprint density at radius 2 is 1.88 bits per heavy atom. The van der Waals surface area contributed by atoms with Crippen molar-refractivity contribution in [2.45, 2.75) is 16.4 Å². The van der Waals surface area contributed by atoms with Gasteiger partial charge in [-0.1, -0.05) is 35.9 Å². The summed E-state index contributed by atoms with van der Waals surface area (Å²) in [5.41, 5.74) is 0.780. The van der Waals surface area contributed by atoms with E-state index >= 15 is 0 Å². The van der Waals surface area contributed by atoms with Crippen LogP contribution in [-0.4, -0.2) is 25.8 Å². The molecule has 0 heterocycles. The standard InChI is InChI=1S/C16H14ClF2NO3S2/c17-12-5-3-4-11(8-12)9-24-10-15(21)20-13-6-1-2-7-14(13)25(22,23)16(18)19/h1-8,16H,9-10H2,(H,20,21). The molecule has 0 aliphatic rings. The van der Waals surface area contributed by atoms with E-state index in [1.807, 2.05) is 6.07 Å². The molecule has 1 N–H and O–H groups in total. The molecule has 0 bridgehead atoms. The van der Waals surface area contributed by atoms with Gasteiger partial charge in [-0.2, -0.15) is 8.78 Å². The molecule has 0 aliphatic carbocycles. The van der Waals surface area contributed by atoms with Crippen molar-refractivity contribution in [2.75, 3.05) is 11.1 Å². The lowest BCUT2D eigenvalue weighted by Crippen LogP contribution is -2.19. The number of hydrogen-bond donors (Lipinski definition) is 1. The molecule has 0 radical (unpaired) electrons. The Bertz CT molecular complexity index is 860. The van der Waals surface area contributed by atoms with Gasteiger partial charge in [-0.05, 0) is 29.8 Å². The first-order valence-electron chi connectivity index (χ1n) is 7.04. The molecule has 4 nitrogen and oxygen atoms in total. The Morgan fingerprint density at radius 1 is 1.16 bits per heavy atom. The number of rotatable bonds is 7. The number of amides is 1. The lowest BCUT2D eigenvalue weighted by Gasteiger charge is -2.11. The second-order valence-corrected chi connectivity index (χ2v) is 8.28. The smallest absolute Gasteiger partial charge is 0.324 e. The second-order valence-electron chi connectivity index (χ2n) is 4.97. The van der Waals surface area contributed by atoms with Gasteiger partial charge in [0.1, 0.15) is 0 Å². The van der Waals surface area contributed by atoms with E-state index in [9.17, 15) is 22.0 Å². The van der Waals surface area contributed by atoms with Crippen molar-refractivity contribution >= 4 is 44.8 Å². The number of nitrogens with one attached hydrogen (secondary N) is 1. The van der Waals surface area contributed by atoms with Crippen LogP contribution in [0.3, 0.4) is 0 Å². The lowest BCUT2D eigenvalue weighted by molar-refractivity contribution is -0.113. The van der Waals surface area contributed by atoms with Crippen molar-refractivity contribution in [1.29, 1.82) is 0 Å². The van der Waals surface area contributed by atoms with E-state index in [2.05, 4.69) is 5.32 Å². The first kappa shape index (κ1) is 19.7. The topological polar surface area (TPSA) is 63.2 Å². The normalized spacial score (nSPS) is 11.5. The van der Waals surface area contributed by atoms with Gasteiger partial charge in [0.15, 0.2) is 0 Å². The van der Waals surface area contributed by atoms with Crippen LogP contribution in [0.15, 0.2) is 53.4 Å². The highest BCUT2D eigenvalue weighted by molar-refractivity contribution is 7.99. The maximum absolute atomic E-state index is 12.7. The zero-order valence-electron chi connectivity index (χ0n) is 12.8.